The van der Waals surface area contributed by atoms with Crippen molar-refractivity contribution in [1.82, 2.24) is 4.57 Å². The molecule has 0 saturated carbocycles. The van der Waals surface area contributed by atoms with Crippen LogP contribution in [0.5, 0.6) is 0 Å². The summed E-state index contributed by atoms with van der Waals surface area (Å²) in [7, 11) is 0. The summed E-state index contributed by atoms with van der Waals surface area (Å²) in [5.74, 6) is -2.44. The van der Waals surface area contributed by atoms with Crippen LogP contribution in [0.1, 0.15) is 17.0 Å². The van der Waals surface area contributed by atoms with Crippen LogP contribution < -0.4 is 20.5 Å². The van der Waals surface area contributed by atoms with Crippen molar-refractivity contribution in [3.05, 3.63) is 93.2 Å². The van der Waals surface area contributed by atoms with E-state index in [1.807, 2.05) is 12.1 Å². The fourth-order valence-corrected chi connectivity index (χ4v) is 5.34. The molecule has 0 saturated heterocycles. The molecule has 10 heteroatoms. The second kappa shape index (κ2) is 8.47. The van der Waals surface area contributed by atoms with Gasteiger partial charge in [0.1, 0.15) is 22.1 Å². The summed E-state index contributed by atoms with van der Waals surface area (Å²) in [6.07, 6.45) is 1.35. The summed E-state index contributed by atoms with van der Waals surface area (Å²) in [4.78, 5) is 13.1. The Balaban J connectivity index is 2.10. The van der Waals surface area contributed by atoms with Crippen molar-refractivity contribution in [2.45, 2.75) is 5.92 Å². The predicted octanol–water partition coefficient (Wildman–Crippen LogP) is 3.66. The molecule has 1 aliphatic rings. The Labute approximate surface area is 200 Å². The predicted molar refractivity (Wildman–Crippen MR) is 124 cm³/mol. The highest BCUT2D eigenvalue weighted by Gasteiger charge is 2.33. The second-order valence-corrected chi connectivity index (χ2v) is 9.62. The third-order valence-electron chi connectivity index (χ3n) is 4.90. The van der Waals surface area contributed by atoms with Gasteiger partial charge in [-0.05, 0) is 42.5 Å². The number of hydrogen-bond acceptors (Lipinski definition) is 5. The van der Waals surface area contributed by atoms with Gasteiger partial charge in [0.15, 0.2) is 0 Å². The normalized spacial score (nSPS) is 16.0. The van der Waals surface area contributed by atoms with E-state index in [-0.39, 0.29) is 37.3 Å². The third-order valence-corrected chi connectivity index (χ3v) is 7.00. The molecule has 32 heavy (non-hydrogen) atoms. The Kier molecular flexibility index (Phi) is 5.87. The molecule has 158 valence electrons. The van der Waals surface area contributed by atoms with E-state index in [9.17, 15) is 24.1 Å². The molecule has 0 amide bonds. The minimum absolute atomic E-state index is 0.00390. The number of thiazole rings is 1. The van der Waals surface area contributed by atoms with Gasteiger partial charge in [-0.2, -0.15) is 10.5 Å². The monoisotopic (exact) mass is 574 g/mol. The van der Waals surface area contributed by atoms with Gasteiger partial charge in [-0.15, -0.1) is 11.3 Å². The third kappa shape index (κ3) is 3.61. The maximum atomic E-state index is 14.7. The number of rotatable bonds is 2. The Hall–Kier alpha value is -3.05. The summed E-state index contributed by atoms with van der Waals surface area (Å²) >= 11 is 7.46. The van der Waals surface area contributed by atoms with E-state index in [0.29, 0.717) is 8.95 Å². The van der Waals surface area contributed by atoms with Crippen LogP contribution in [-0.2, 0) is 0 Å². The average molecular weight is 576 g/mol. The molecular weight excluding hydrogens is 566 g/mol. The van der Waals surface area contributed by atoms with E-state index in [2.05, 4.69) is 31.9 Å². The van der Waals surface area contributed by atoms with Crippen molar-refractivity contribution in [1.29, 1.82) is 10.5 Å². The van der Waals surface area contributed by atoms with E-state index in [1.165, 1.54) is 42.5 Å². The highest BCUT2D eigenvalue weighted by atomic mass is 79.9. The molecular formula is C22H10Br2F2N4OS. The number of hydrogen-bond donors (Lipinski definition) is 1. The molecule has 0 radical (unpaired) electrons. The van der Waals surface area contributed by atoms with Crippen molar-refractivity contribution in [2.75, 3.05) is 0 Å². The zero-order valence-electron chi connectivity index (χ0n) is 15.9. The molecule has 2 N–H and O–H groups in total. The van der Waals surface area contributed by atoms with Crippen LogP contribution in [0.15, 0.2) is 55.7 Å². The van der Waals surface area contributed by atoms with Crippen LogP contribution in [0, 0.1) is 34.3 Å². The maximum Gasteiger partial charge on any atom is 0.274 e. The van der Waals surface area contributed by atoms with Gasteiger partial charge in [0.05, 0.1) is 33.7 Å². The smallest absolute Gasteiger partial charge is 0.274 e. The first-order chi connectivity index (χ1) is 15.3. The van der Waals surface area contributed by atoms with E-state index in [4.69, 9.17) is 5.73 Å². The van der Waals surface area contributed by atoms with Gasteiger partial charge >= 0.3 is 0 Å². The second-order valence-electron chi connectivity index (χ2n) is 6.76. The number of nitrogens with two attached hydrogens (primary N) is 1. The molecule has 5 nitrogen and oxygen atoms in total. The molecule has 1 aliphatic heterocycles. The quantitative estimate of drug-likeness (QED) is 0.504. The number of aromatic nitrogens is 1. The average Bonchev–Trinajstić information content (AvgIpc) is 3.08. The number of nitriles is 2. The molecule has 0 aliphatic carbocycles. The van der Waals surface area contributed by atoms with Crippen LogP contribution in [0.25, 0.3) is 17.5 Å². The minimum Gasteiger partial charge on any atom is -0.384 e. The summed E-state index contributed by atoms with van der Waals surface area (Å²) in [6.45, 7) is 0. The number of halogens is 4. The van der Waals surface area contributed by atoms with E-state index >= 15 is 0 Å². The van der Waals surface area contributed by atoms with Crippen molar-refractivity contribution < 1.29 is 8.78 Å². The first kappa shape index (κ1) is 22.2. The zero-order chi connectivity index (χ0) is 23.2. The van der Waals surface area contributed by atoms with Gasteiger partial charge in [-0.1, -0.05) is 31.9 Å². The van der Waals surface area contributed by atoms with Crippen molar-refractivity contribution in [3.63, 3.8) is 0 Å². The van der Waals surface area contributed by atoms with Crippen LogP contribution in [0.3, 0.4) is 0 Å². The molecule has 4 rings (SSSR count). The lowest BCUT2D eigenvalue weighted by Crippen LogP contribution is -2.38. The standard InChI is InChI=1S/C22H10Br2F2N4OS/c23-11-1-3-16(25)10(5-11)6-18-21(31)30-20(29)14(8-27)19(15(9-28)22(30)32-18)13-7-12(24)2-4-17(13)26/h1-7,19H,29H2/b18-6-/t19-/m1/s1. The van der Waals surface area contributed by atoms with E-state index in [1.54, 1.807) is 0 Å². The number of allylic oxidation sites excluding steroid dienone is 1. The minimum atomic E-state index is -1.09. The largest absolute Gasteiger partial charge is 0.384 e. The Morgan fingerprint density at radius 3 is 2.31 bits per heavy atom. The Bertz CT molecular complexity index is 1590. The van der Waals surface area contributed by atoms with Crippen LogP contribution in [-0.4, -0.2) is 4.57 Å². The van der Waals surface area contributed by atoms with E-state index in [0.717, 1.165) is 15.9 Å². The fourth-order valence-electron chi connectivity index (χ4n) is 3.46. The van der Waals surface area contributed by atoms with Gasteiger partial charge in [-0.25, -0.2) is 8.78 Å². The SMILES string of the molecule is N#CC1=C(N)n2c(s/c(=C\c3cc(Br)ccc3F)c2=O)=C(C#N)[C@@H]1c1cc(Br)ccc1F. The molecule has 2 aromatic carbocycles. The van der Waals surface area contributed by atoms with Gasteiger partial charge < -0.3 is 5.73 Å². The van der Waals surface area contributed by atoms with Gasteiger partial charge in [-0.3, -0.25) is 9.36 Å². The first-order valence-electron chi connectivity index (χ1n) is 8.94. The molecule has 1 atom stereocenters. The van der Waals surface area contributed by atoms with Gasteiger partial charge in [0.25, 0.3) is 5.56 Å². The molecule has 2 heterocycles. The topological polar surface area (TPSA) is 95.6 Å². The molecule has 0 fully saturated rings. The first-order valence-corrected chi connectivity index (χ1v) is 11.3. The molecule has 1 aromatic heterocycles. The summed E-state index contributed by atoms with van der Waals surface area (Å²) in [6, 6.07) is 12.4. The lowest BCUT2D eigenvalue weighted by atomic mass is 9.84. The van der Waals surface area contributed by atoms with Crippen LogP contribution >= 0.6 is 43.2 Å². The number of fused-ring (bicyclic) bond motifs is 1. The highest BCUT2D eigenvalue weighted by molar-refractivity contribution is 9.10. The van der Waals surface area contributed by atoms with E-state index < -0.39 is 23.1 Å². The summed E-state index contributed by atoms with van der Waals surface area (Å²) in [5, 5.41) is 19.7. The number of benzene rings is 2. The number of nitrogens with zero attached hydrogens (tertiary/aromatic N) is 3. The zero-order valence-corrected chi connectivity index (χ0v) is 19.9. The van der Waals surface area contributed by atoms with Crippen LogP contribution in [0.2, 0.25) is 0 Å². The van der Waals surface area contributed by atoms with Crippen molar-refractivity contribution >= 4 is 60.7 Å². The molecule has 0 unspecified atom stereocenters. The lowest BCUT2D eigenvalue weighted by Gasteiger charge is -2.22. The van der Waals surface area contributed by atoms with Gasteiger partial charge in [0.2, 0.25) is 0 Å². The molecule has 0 spiro atoms. The Morgan fingerprint density at radius 1 is 1.03 bits per heavy atom. The highest BCUT2D eigenvalue weighted by Crippen LogP contribution is 2.37. The Morgan fingerprint density at radius 2 is 1.66 bits per heavy atom. The maximum absolute atomic E-state index is 14.7. The summed E-state index contributed by atoms with van der Waals surface area (Å²) in [5.41, 5.74) is 5.69. The molecule has 0 bridgehead atoms. The lowest BCUT2D eigenvalue weighted by molar-refractivity contribution is 0.608. The van der Waals surface area contributed by atoms with Crippen molar-refractivity contribution in [2.24, 2.45) is 5.73 Å². The summed E-state index contributed by atoms with van der Waals surface area (Å²) < 4.78 is 31.4. The van der Waals surface area contributed by atoms with Gasteiger partial charge in [0, 0.05) is 20.1 Å². The fraction of sp³-hybridized carbons (Fsp3) is 0.0455. The van der Waals surface area contributed by atoms with Crippen LogP contribution in [0.4, 0.5) is 8.78 Å². The molecule has 3 aromatic rings. The van der Waals surface area contributed by atoms with Crippen molar-refractivity contribution in [3.8, 4) is 12.1 Å².